The highest BCUT2D eigenvalue weighted by Gasteiger charge is 2.41. The fraction of sp³-hybridized carbons (Fsp3) is 0.609. The number of piperidine rings is 1. The Labute approximate surface area is 197 Å². The lowest BCUT2D eigenvalue weighted by Gasteiger charge is -2.38. The summed E-state index contributed by atoms with van der Waals surface area (Å²) in [5.41, 5.74) is 7.85. The van der Waals surface area contributed by atoms with Crippen LogP contribution in [0.3, 0.4) is 0 Å². The first-order valence-corrected chi connectivity index (χ1v) is 17.0. The van der Waals surface area contributed by atoms with Gasteiger partial charge in [-0.25, -0.2) is 12.4 Å². The second-order valence-electron chi connectivity index (χ2n) is 10.4. The lowest BCUT2D eigenvalue weighted by atomic mass is 10.0. The summed E-state index contributed by atoms with van der Waals surface area (Å²) in [6.45, 7) is 8.88. The molecule has 2 aromatic rings. The van der Waals surface area contributed by atoms with Crippen molar-refractivity contribution in [3.8, 4) is 0 Å². The summed E-state index contributed by atoms with van der Waals surface area (Å²) in [6, 6.07) is 7.49. The Bertz CT molecular complexity index is 1110. The van der Waals surface area contributed by atoms with Crippen LogP contribution in [0.25, 0.3) is 10.9 Å². The van der Waals surface area contributed by atoms with E-state index in [1.54, 1.807) is 11.1 Å². The second-order valence-corrected chi connectivity index (χ2v) is 18.0. The van der Waals surface area contributed by atoms with Crippen molar-refractivity contribution in [2.45, 2.75) is 56.8 Å². The molecule has 33 heavy (non-hydrogen) atoms. The second kappa shape index (κ2) is 9.14. The van der Waals surface area contributed by atoms with E-state index in [1.165, 1.54) is 3.97 Å². The fourth-order valence-corrected chi connectivity index (χ4v) is 8.89. The van der Waals surface area contributed by atoms with Crippen molar-refractivity contribution in [2.24, 2.45) is 5.73 Å². The minimum Gasteiger partial charge on any atom is -0.347 e. The van der Waals surface area contributed by atoms with Gasteiger partial charge in [-0.05, 0) is 36.2 Å². The van der Waals surface area contributed by atoms with Crippen molar-refractivity contribution in [3.05, 3.63) is 36.0 Å². The molecule has 0 saturated carbocycles. The van der Waals surface area contributed by atoms with Gasteiger partial charge < -0.3 is 20.1 Å². The van der Waals surface area contributed by atoms with Gasteiger partial charge in [0.15, 0.2) is 5.79 Å². The number of hydrogen-bond acceptors (Lipinski definition) is 6. The third-order valence-electron chi connectivity index (χ3n) is 6.55. The number of nitrogens with two attached hydrogens (primary N) is 1. The van der Waals surface area contributed by atoms with Crippen molar-refractivity contribution in [3.63, 3.8) is 0 Å². The summed E-state index contributed by atoms with van der Waals surface area (Å²) in [5.74, 6) is -0.440. The van der Waals surface area contributed by atoms with Gasteiger partial charge >= 0.3 is 0 Å². The lowest BCUT2D eigenvalue weighted by Crippen LogP contribution is -2.52. The molecule has 0 radical (unpaired) electrons. The summed E-state index contributed by atoms with van der Waals surface area (Å²) in [6.07, 6.45) is 3.35. The Kier molecular flexibility index (Phi) is 6.76. The average molecular weight is 494 g/mol. The third kappa shape index (κ3) is 5.51. The number of likely N-dealkylation sites (tertiary alicyclic amines) is 1. The molecule has 1 spiro atoms. The van der Waals surface area contributed by atoms with Gasteiger partial charge in [0, 0.05) is 45.6 Å². The molecule has 182 valence electrons. The fourth-order valence-electron chi connectivity index (χ4n) is 4.50. The van der Waals surface area contributed by atoms with Gasteiger partial charge in [-0.15, -0.1) is 0 Å². The number of rotatable bonds is 7. The number of amides is 1. The van der Waals surface area contributed by atoms with E-state index in [4.69, 9.17) is 15.2 Å². The molecule has 1 aromatic carbocycles. The highest BCUT2D eigenvalue weighted by Crippen LogP contribution is 2.31. The number of carbonyl (C=O) groups excluding carboxylic acids is 1. The molecule has 0 bridgehead atoms. The van der Waals surface area contributed by atoms with Crippen molar-refractivity contribution in [1.29, 1.82) is 0 Å². The van der Waals surface area contributed by atoms with Crippen LogP contribution in [0.4, 0.5) is 0 Å². The van der Waals surface area contributed by atoms with Crippen LogP contribution in [0.5, 0.6) is 0 Å². The van der Waals surface area contributed by atoms with Crippen LogP contribution < -0.4 is 5.73 Å². The van der Waals surface area contributed by atoms with E-state index in [0.29, 0.717) is 51.1 Å². The summed E-state index contributed by atoms with van der Waals surface area (Å²) in [7, 11) is -4.87. The lowest BCUT2D eigenvalue weighted by molar-refractivity contribution is -0.187. The van der Waals surface area contributed by atoms with Gasteiger partial charge in [0.05, 0.1) is 30.5 Å². The monoisotopic (exact) mass is 493 g/mol. The van der Waals surface area contributed by atoms with E-state index in [1.807, 2.05) is 24.3 Å². The van der Waals surface area contributed by atoms with Crippen LogP contribution in [0.15, 0.2) is 30.5 Å². The van der Waals surface area contributed by atoms with Crippen molar-refractivity contribution < 1.29 is 22.7 Å². The smallest absolute Gasteiger partial charge is 0.239 e. The Morgan fingerprint density at radius 3 is 2.45 bits per heavy atom. The SMILES string of the molecule is C[Si](C)(C)CCS(=O)(=O)n1ccc2cc(CC(N)C(=O)N3CCC4(CC3)OCCO4)ccc21. The number of aromatic nitrogens is 1. The van der Waals surface area contributed by atoms with E-state index in [0.717, 1.165) is 17.0 Å². The molecule has 2 N–H and O–H groups in total. The maximum absolute atomic E-state index is 12.9. The van der Waals surface area contributed by atoms with Crippen molar-refractivity contribution in [2.75, 3.05) is 32.1 Å². The zero-order valence-corrected chi connectivity index (χ0v) is 21.6. The minimum absolute atomic E-state index is 0.0746. The third-order valence-corrected chi connectivity index (χ3v) is 10.3. The highest BCUT2D eigenvalue weighted by atomic mass is 32.2. The quantitative estimate of drug-likeness (QED) is 0.594. The maximum Gasteiger partial charge on any atom is 0.239 e. The number of carbonyl (C=O) groups is 1. The molecular weight excluding hydrogens is 458 g/mol. The molecule has 3 heterocycles. The molecule has 1 unspecified atom stereocenters. The van der Waals surface area contributed by atoms with Gasteiger partial charge in [-0.3, -0.25) is 4.79 Å². The van der Waals surface area contributed by atoms with Crippen LogP contribution in [-0.4, -0.2) is 75.2 Å². The Morgan fingerprint density at radius 1 is 1.15 bits per heavy atom. The van der Waals surface area contributed by atoms with E-state index in [2.05, 4.69) is 19.6 Å². The predicted octanol–water partition coefficient (Wildman–Crippen LogP) is 2.39. The number of benzene rings is 1. The van der Waals surface area contributed by atoms with Gasteiger partial charge in [0.2, 0.25) is 15.9 Å². The molecule has 1 atom stereocenters. The van der Waals surface area contributed by atoms with Crippen LogP contribution >= 0.6 is 0 Å². The van der Waals surface area contributed by atoms with Crippen LogP contribution in [0.1, 0.15) is 18.4 Å². The van der Waals surface area contributed by atoms with Crippen LogP contribution in [0.2, 0.25) is 25.7 Å². The highest BCUT2D eigenvalue weighted by molar-refractivity contribution is 7.90. The first-order valence-electron chi connectivity index (χ1n) is 11.6. The average Bonchev–Trinajstić information content (AvgIpc) is 3.39. The molecule has 1 amide bonds. The van der Waals surface area contributed by atoms with Gasteiger partial charge in [-0.1, -0.05) is 25.7 Å². The number of fused-ring (bicyclic) bond motifs is 1. The molecule has 2 aliphatic rings. The molecule has 4 rings (SSSR count). The van der Waals surface area contributed by atoms with E-state index < -0.39 is 29.9 Å². The topological polar surface area (TPSA) is 104 Å². The molecular formula is C23H35N3O5SSi. The molecule has 10 heteroatoms. The first-order chi connectivity index (χ1) is 15.5. The zero-order chi connectivity index (χ0) is 23.9. The molecule has 2 fully saturated rings. The molecule has 2 aliphatic heterocycles. The molecule has 2 saturated heterocycles. The van der Waals surface area contributed by atoms with Crippen molar-refractivity contribution >= 4 is 34.9 Å². The minimum atomic E-state index is -3.40. The Hall–Kier alpha value is -1.72. The van der Waals surface area contributed by atoms with E-state index in [-0.39, 0.29) is 11.7 Å². The Morgan fingerprint density at radius 2 is 1.82 bits per heavy atom. The number of ether oxygens (including phenoxy) is 2. The summed E-state index contributed by atoms with van der Waals surface area (Å²) in [5, 5.41) is 0.833. The summed E-state index contributed by atoms with van der Waals surface area (Å²) >= 11 is 0. The first kappa shape index (κ1) is 24.4. The van der Waals surface area contributed by atoms with Crippen LogP contribution in [-0.2, 0) is 30.7 Å². The number of hydrogen-bond donors (Lipinski definition) is 1. The normalized spacial score (nSPS) is 19.9. The Balaban J connectivity index is 1.40. The molecule has 1 aromatic heterocycles. The molecule has 8 nitrogen and oxygen atoms in total. The summed E-state index contributed by atoms with van der Waals surface area (Å²) in [4.78, 5) is 14.7. The molecule has 0 aliphatic carbocycles. The van der Waals surface area contributed by atoms with Crippen molar-refractivity contribution in [1.82, 2.24) is 8.87 Å². The van der Waals surface area contributed by atoms with E-state index >= 15 is 0 Å². The number of nitrogens with zero attached hydrogens (tertiary/aromatic N) is 2. The van der Waals surface area contributed by atoms with Gasteiger partial charge in [0.1, 0.15) is 0 Å². The van der Waals surface area contributed by atoms with E-state index in [9.17, 15) is 13.2 Å². The van der Waals surface area contributed by atoms with Gasteiger partial charge in [-0.2, -0.15) is 0 Å². The van der Waals surface area contributed by atoms with Gasteiger partial charge in [0.25, 0.3) is 0 Å². The standard InChI is InChI=1S/C23H35N3O5SSi/c1-33(2,3)15-14-32(28,29)26-9-6-19-16-18(4-5-21(19)26)17-20(24)22(27)25-10-7-23(8-11-25)30-12-13-31-23/h4-6,9,16,20H,7-8,10-15,17,24H2,1-3H3. The predicted molar refractivity (Wildman–Crippen MR) is 131 cm³/mol. The maximum atomic E-state index is 12.9. The zero-order valence-electron chi connectivity index (χ0n) is 19.7. The largest absolute Gasteiger partial charge is 0.347 e. The summed E-state index contributed by atoms with van der Waals surface area (Å²) < 4.78 is 38.6. The van der Waals surface area contributed by atoms with Crippen LogP contribution in [0, 0.1) is 0 Å².